The summed E-state index contributed by atoms with van der Waals surface area (Å²) in [6.45, 7) is 0.577. The monoisotopic (exact) mass is 392 g/mol. The molecule has 0 unspecified atom stereocenters. The molecule has 0 aromatic heterocycles. The van der Waals surface area contributed by atoms with Crippen LogP contribution in [0.5, 0.6) is 11.5 Å². The van der Waals surface area contributed by atoms with Crippen LogP contribution in [0.4, 0.5) is 0 Å². The second-order valence-electron chi connectivity index (χ2n) is 5.87. The van der Waals surface area contributed by atoms with Gasteiger partial charge in [0.2, 0.25) is 12.9 Å². The van der Waals surface area contributed by atoms with Gasteiger partial charge in [-0.05, 0) is 29.8 Å². The molecule has 2 aliphatic heterocycles. The zero-order valence-electron chi connectivity index (χ0n) is 13.5. The molecule has 0 saturated heterocycles. The minimum absolute atomic E-state index is 0.218. The molecule has 1 N–H and O–H groups in total. The molecule has 2 aliphatic rings. The highest BCUT2D eigenvalue weighted by Gasteiger charge is 2.29. The highest BCUT2D eigenvalue weighted by molar-refractivity contribution is 6.42. The van der Waals surface area contributed by atoms with E-state index in [1.165, 1.54) is 0 Å². The van der Waals surface area contributed by atoms with Crippen LogP contribution in [0.25, 0.3) is 0 Å². The molecule has 2 aromatic carbocycles. The van der Waals surface area contributed by atoms with E-state index >= 15 is 0 Å². The van der Waals surface area contributed by atoms with E-state index in [1.54, 1.807) is 18.2 Å². The van der Waals surface area contributed by atoms with Crippen LogP contribution >= 0.6 is 23.2 Å². The molecule has 6 nitrogen and oxygen atoms in total. The molecule has 2 heterocycles. The number of nitrogens with zero attached hydrogens (tertiary/aromatic N) is 1. The number of ether oxygens (including phenoxy) is 2. The Morgan fingerprint density at radius 2 is 1.96 bits per heavy atom. The molecule has 0 aliphatic carbocycles. The number of hydrogen-bond donors (Lipinski definition) is 1. The molecule has 134 valence electrons. The molecular formula is C18H14Cl2N2O4. The number of fused-ring (bicyclic) bond motifs is 1. The lowest BCUT2D eigenvalue weighted by Crippen LogP contribution is -2.34. The van der Waals surface area contributed by atoms with Gasteiger partial charge in [-0.3, -0.25) is 4.79 Å². The summed E-state index contributed by atoms with van der Waals surface area (Å²) in [6, 6.07) is 10.7. The van der Waals surface area contributed by atoms with Crippen molar-refractivity contribution in [2.75, 3.05) is 6.79 Å². The van der Waals surface area contributed by atoms with Crippen LogP contribution in [0.15, 0.2) is 41.6 Å². The number of carbonyl (C=O) groups is 1. The predicted octanol–water partition coefficient (Wildman–Crippen LogP) is 3.53. The highest BCUT2D eigenvalue weighted by Crippen LogP contribution is 2.32. The van der Waals surface area contributed by atoms with Gasteiger partial charge in [-0.15, -0.1) is 0 Å². The maximum atomic E-state index is 12.3. The van der Waals surface area contributed by atoms with Gasteiger partial charge in [0.15, 0.2) is 11.5 Å². The summed E-state index contributed by atoms with van der Waals surface area (Å²) in [4.78, 5) is 17.6. The number of hydrogen-bond acceptors (Lipinski definition) is 5. The molecule has 0 saturated carbocycles. The molecule has 0 radical (unpaired) electrons. The fraction of sp³-hybridized carbons (Fsp3) is 0.222. The Labute approximate surface area is 159 Å². The van der Waals surface area contributed by atoms with E-state index in [0.717, 1.165) is 11.1 Å². The van der Waals surface area contributed by atoms with E-state index in [9.17, 15) is 4.79 Å². The molecule has 0 bridgehead atoms. The van der Waals surface area contributed by atoms with Crippen LogP contribution in [-0.4, -0.2) is 24.5 Å². The van der Waals surface area contributed by atoms with E-state index in [2.05, 4.69) is 10.5 Å². The van der Waals surface area contributed by atoms with Crippen LogP contribution in [-0.2, 0) is 16.2 Å². The largest absolute Gasteiger partial charge is 0.454 e. The standard InChI is InChI=1S/C18H14Cl2N2O4/c19-12-3-2-11(6-13(12)20)14-7-17(26-22-14)18(23)21-8-10-1-4-15-16(5-10)25-9-24-15/h1-6,17H,7-9H2,(H,21,23)/t17-/m1/s1. The Balaban J connectivity index is 1.34. The molecule has 1 atom stereocenters. The molecule has 8 heteroatoms. The third kappa shape index (κ3) is 3.43. The summed E-state index contributed by atoms with van der Waals surface area (Å²) in [6.07, 6.45) is -0.307. The van der Waals surface area contributed by atoms with Gasteiger partial charge in [-0.1, -0.05) is 40.5 Å². The molecule has 0 spiro atoms. The van der Waals surface area contributed by atoms with Gasteiger partial charge in [0, 0.05) is 18.5 Å². The molecule has 1 amide bonds. The predicted molar refractivity (Wildman–Crippen MR) is 96.9 cm³/mol. The van der Waals surface area contributed by atoms with Crippen molar-refractivity contribution in [2.45, 2.75) is 19.1 Å². The van der Waals surface area contributed by atoms with Crippen molar-refractivity contribution >= 4 is 34.8 Å². The van der Waals surface area contributed by atoms with Crippen LogP contribution in [0.3, 0.4) is 0 Å². The quantitative estimate of drug-likeness (QED) is 0.863. The molecule has 0 fully saturated rings. The molecular weight excluding hydrogens is 379 g/mol. The van der Waals surface area contributed by atoms with Crippen molar-refractivity contribution < 1.29 is 19.1 Å². The molecule has 2 aromatic rings. The first-order chi connectivity index (χ1) is 12.6. The maximum absolute atomic E-state index is 12.3. The topological polar surface area (TPSA) is 69.2 Å². The van der Waals surface area contributed by atoms with Crippen LogP contribution in [0, 0.1) is 0 Å². The smallest absolute Gasteiger partial charge is 0.264 e. The molecule has 4 rings (SSSR count). The van der Waals surface area contributed by atoms with Gasteiger partial charge < -0.3 is 19.6 Å². The van der Waals surface area contributed by atoms with Gasteiger partial charge in [-0.25, -0.2) is 0 Å². The van der Waals surface area contributed by atoms with Crippen molar-refractivity contribution in [3.63, 3.8) is 0 Å². The summed E-state index contributed by atoms with van der Waals surface area (Å²) < 4.78 is 10.6. The highest BCUT2D eigenvalue weighted by atomic mass is 35.5. The van der Waals surface area contributed by atoms with Crippen molar-refractivity contribution in [1.29, 1.82) is 0 Å². The number of amides is 1. The molecule has 26 heavy (non-hydrogen) atoms. The first-order valence-electron chi connectivity index (χ1n) is 7.94. The third-order valence-electron chi connectivity index (χ3n) is 4.12. The lowest BCUT2D eigenvalue weighted by atomic mass is 10.0. The summed E-state index contributed by atoms with van der Waals surface area (Å²) in [5, 5.41) is 7.74. The van der Waals surface area contributed by atoms with Gasteiger partial charge in [0.05, 0.1) is 15.8 Å². The summed E-state index contributed by atoms with van der Waals surface area (Å²) in [5.41, 5.74) is 2.35. The zero-order valence-corrected chi connectivity index (χ0v) is 15.0. The first-order valence-corrected chi connectivity index (χ1v) is 8.70. The van der Waals surface area contributed by atoms with E-state index in [-0.39, 0.29) is 12.7 Å². The lowest BCUT2D eigenvalue weighted by Gasteiger charge is -2.10. The fourth-order valence-corrected chi connectivity index (χ4v) is 3.02. The van der Waals surface area contributed by atoms with Crippen molar-refractivity contribution in [3.8, 4) is 11.5 Å². The second-order valence-corrected chi connectivity index (χ2v) is 6.68. The Bertz CT molecular complexity index is 901. The normalized spacial score (nSPS) is 17.6. The van der Waals surface area contributed by atoms with Crippen LogP contribution < -0.4 is 14.8 Å². The summed E-state index contributed by atoms with van der Waals surface area (Å²) >= 11 is 11.9. The Morgan fingerprint density at radius 3 is 2.81 bits per heavy atom. The number of rotatable bonds is 4. The first kappa shape index (κ1) is 17.0. The third-order valence-corrected chi connectivity index (χ3v) is 4.86. The Kier molecular flexibility index (Phi) is 4.61. The van der Waals surface area contributed by atoms with Crippen molar-refractivity contribution in [2.24, 2.45) is 5.16 Å². The Hall–Kier alpha value is -2.44. The minimum atomic E-state index is -0.673. The van der Waals surface area contributed by atoms with Crippen molar-refractivity contribution in [3.05, 3.63) is 57.6 Å². The number of halogens is 2. The van der Waals surface area contributed by atoms with E-state index < -0.39 is 6.10 Å². The second kappa shape index (κ2) is 7.05. The lowest BCUT2D eigenvalue weighted by molar-refractivity contribution is -0.131. The summed E-state index contributed by atoms with van der Waals surface area (Å²) in [5.74, 6) is 1.15. The van der Waals surface area contributed by atoms with E-state index in [0.29, 0.717) is 40.2 Å². The number of oxime groups is 1. The van der Waals surface area contributed by atoms with E-state index in [4.69, 9.17) is 37.5 Å². The number of nitrogens with one attached hydrogen (secondary N) is 1. The SMILES string of the molecule is O=C(NCc1ccc2c(c1)OCO2)[C@H]1CC(c2ccc(Cl)c(Cl)c2)=NO1. The van der Waals surface area contributed by atoms with E-state index in [1.807, 2.05) is 18.2 Å². The van der Waals surface area contributed by atoms with Crippen LogP contribution in [0.2, 0.25) is 10.0 Å². The van der Waals surface area contributed by atoms with Gasteiger partial charge >= 0.3 is 0 Å². The van der Waals surface area contributed by atoms with Gasteiger partial charge in [-0.2, -0.15) is 0 Å². The maximum Gasteiger partial charge on any atom is 0.264 e. The number of benzene rings is 2. The average molecular weight is 393 g/mol. The average Bonchev–Trinajstić information content (AvgIpc) is 3.30. The van der Waals surface area contributed by atoms with Crippen molar-refractivity contribution in [1.82, 2.24) is 5.32 Å². The van der Waals surface area contributed by atoms with Gasteiger partial charge in [0.1, 0.15) is 0 Å². The Morgan fingerprint density at radius 1 is 1.12 bits per heavy atom. The zero-order chi connectivity index (χ0) is 18.1. The minimum Gasteiger partial charge on any atom is -0.454 e. The summed E-state index contributed by atoms with van der Waals surface area (Å²) in [7, 11) is 0. The number of carbonyl (C=O) groups excluding carboxylic acids is 1. The fourth-order valence-electron chi connectivity index (χ4n) is 2.72. The van der Waals surface area contributed by atoms with Crippen LogP contribution in [0.1, 0.15) is 17.5 Å². The van der Waals surface area contributed by atoms with Gasteiger partial charge in [0.25, 0.3) is 5.91 Å².